The van der Waals surface area contributed by atoms with Crippen molar-refractivity contribution in [3.05, 3.63) is 276 Å². The highest BCUT2D eigenvalue weighted by atomic mass is 15.2. The summed E-state index contributed by atoms with van der Waals surface area (Å²) in [7, 11) is 0. The number of aromatic nitrogens is 1. The molecular formula is C66H53N3. The van der Waals surface area contributed by atoms with Gasteiger partial charge < -0.3 is 14.4 Å². The highest BCUT2D eigenvalue weighted by Gasteiger charge is 2.24. The molecule has 0 aliphatic heterocycles. The van der Waals surface area contributed by atoms with Gasteiger partial charge in [0.15, 0.2) is 0 Å². The first-order chi connectivity index (χ1) is 34.2. The van der Waals surface area contributed by atoms with Crippen LogP contribution >= 0.6 is 0 Å². The zero-order valence-electron chi connectivity index (χ0n) is 38.8. The summed E-state index contributed by atoms with van der Waals surface area (Å²) in [5, 5.41) is 1.29. The fourth-order valence-electron chi connectivity index (χ4n) is 10.6. The Balaban J connectivity index is 0.826. The Bertz CT molecular complexity index is 3390. The first-order valence-electron chi connectivity index (χ1n) is 24.5. The molecule has 3 aliphatic rings. The normalized spacial score (nSPS) is 14.3. The van der Waals surface area contributed by atoms with Crippen LogP contribution in [0.2, 0.25) is 0 Å². The van der Waals surface area contributed by atoms with E-state index < -0.39 is 0 Å². The molecule has 8 aromatic carbocycles. The zero-order chi connectivity index (χ0) is 45.9. The van der Waals surface area contributed by atoms with Gasteiger partial charge in [0.05, 0.1) is 5.52 Å². The van der Waals surface area contributed by atoms with Gasteiger partial charge in [-0.2, -0.15) is 0 Å². The van der Waals surface area contributed by atoms with Crippen LogP contribution in [0.5, 0.6) is 0 Å². The molecule has 0 spiro atoms. The van der Waals surface area contributed by atoms with Crippen molar-refractivity contribution >= 4 is 50.9 Å². The molecule has 3 nitrogen and oxygen atoms in total. The molecule has 0 amide bonds. The minimum absolute atomic E-state index is 0.978. The summed E-state index contributed by atoms with van der Waals surface area (Å²) in [5.74, 6) is 0. The third kappa shape index (κ3) is 8.38. The second-order valence-corrected chi connectivity index (χ2v) is 18.3. The van der Waals surface area contributed by atoms with E-state index in [0.29, 0.717) is 0 Å². The van der Waals surface area contributed by atoms with Crippen LogP contribution in [-0.4, -0.2) is 4.57 Å². The van der Waals surface area contributed by atoms with Crippen molar-refractivity contribution in [1.29, 1.82) is 0 Å². The van der Waals surface area contributed by atoms with E-state index in [9.17, 15) is 0 Å². The minimum atomic E-state index is 0.978. The number of anilines is 4. The summed E-state index contributed by atoms with van der Waals surface area (Å²) in [5.41, 5.74) is 22.6. The largest absolute Gasteiger partial charge is 0.315 e. The highest BCUT2D eigenvalue weighted by Crippen LogP contribution is 2.42. The van der Waals surface area contributed by atoms with Gasteiger partial charge in [-0.15, -0.1) is 0 Å². The van der Waals surface area contributed by atoms with Crippen LogP contribution in [0.4, 0.5) is 22.7 Å². The van der Waals surface area contributed by atoms with Crippen molar-refractivity contribution in [3.8, 4) is 27.9 Å². The molecule has 3 aliphatic carbocycles. The van der Waals surface area contributed by atoms with Crippen molar-refractivity contribution in [3.63, 3.8) is 0 Å². The van der Waals surface area contributed by atoms with Crippen molar-refractivity contribution in [2.75, 3.05) is 9.80 Å². The number of para-hydroxylation sites is 4. The van der Waals surface area contributed by atoms with E-state index in [4.69, 9.17) is 0 Å². The second-order valence-electron chi connectivity index (χ2n) is 18.3. The van der Waals surface area contributed by atoms with Crippen LogP contribution in [0.25, 0.3) is 56.1 Å². The maximum absolute atomic E-state index is 2.49. The average Bonchev–Trinajstić information content (AvgIpc) is 3.76. The second kappa shape index (κ2) is 18.7. The predicted octanol–water partition coefficient (Wildman–Crippen LogP) is 17.7. The Morgan fingerprint density at radius 1 is 0.391 bits per heavy atom. The van der Waals surface area contributed by atoms with Gasteiger partial charge >= 0.3 is 0 Å². The van der Waals surface area contributed by atoms with Gasteiger partial charge in [0.25, 0.3) is 0 Å². The van der Waals surface area contributed by atoms with Crippen molar-refractivity contribution in [1.82, 2.24) is 4.57 Å². The summed E-state index contributed by atoms with van der Waals surface area (Å²) in [6.45, 7) is 0. The van der Waals surface area contributed by atoms with Gasteiger partial charge in [-0.05, 0) is 174 Å². The topological polar surface area (TPSA) is 11.4 Å². The molecular weight excluding hydrogens is 835 g/mol. The Labute approximate surface area is 406 Å². The van der Waals surface area contributed by atoms with E-state index in [2.05, 4.69) is 263 Å². The molecule has 0 saturated heterocycles. The summed E-state index contributed by atoms with van der Waals surface area (Å²) in [4.78, 5) is 4.74. The standard InChI is InChI=1S/C66H53N3/c1-6-16-56(17-7-1)67(57-18-8-2-9-19-57)61-40-34-50(35-41-61)48-26-30-52(31-27-48)54-38-44-65-63(46-54)64-47-55(39-45-66(64)69(65)60-24-14-5-15-25-60)53-32-28-49(29-33-53)51-36-42-62(43-37-51)68(58-20-10-3-11-21-58)59-22-12-4-13-23-59/h1-3,5-12,14-36,38,40-42,44,46-47H,4,13,37,39,43,45H2. The molecule has 9 aromatic rings. The number of hydrogen-bond donors (Lipinski definition) is 0. The third-order valence-electron chi connectivity index (χ3n) is 14.1. The summed E-state index contributed by atoms with van der Waals surface area (Å²) in [6.07, 6.45) is 20.3. The van der Waals surface area contributed by atoms with Gasteiger partial charge in [0.1, 0.15) is 0 Å². The molecule has 1 heterocycles. The number of hydrogen-bond acceptors (Lipinski definition) is 2. The van der Waals surface area contributed by atoms with Crippen molar-refractivity contribution < 1.29 is 0 Å². The fourth-order valence-corrected chi connectivity index (χ4v) is 10.6. The van der Waals surface area contributed by atoms with Crippen LogP contribution < -0.4 is 9.80 Å². The van der Waals surface area contributed by atoms with Crippen LogP contribution in [0, 0.1) is 0 Å². The molecule has 0 unspecified atom stereocenters. The molecule has 0 N–H and O–H groups in total. The number of fused-ring (bicyclic) bond motifs is 3. The first kappa shape index (κ1) is 42.0. The third-order valence-corrected chi connectivity index (χ3v) is 14.1. The highest BCUT2D eigenvalue weighted by molar-refractivity contribution is 6.01. The summed E-state index contributed by atoms with van der Waals surface area (Å²) < 4.78 is 2.49. The molecule has 0 atom stereocenters. The van der Waals surface area contributed by atoms with Gasteiger partial charge in [-0.3, -0.25) is 0 Å². The van der Waals surface area contributed by atoms with E-state index in [1.54, 1.807) is 0 Å². The lowest BCUT2D eigenvalue weighted by Gasteiger charge is -2.31. The number of allylic oxidation sites excluding steroid dienone is 8. The van der Waals surface area contributed by atoms with Gasteiger partial charge in [0, 0.05) is 56.5 Å². The number of rotatable bonds is 11. The maximum Gasteiger partial charge on any atom is 0.0538 e. The summed E-state index contributed by atoms with van der Waals surface area (Å²) in [6, 6.07) is 77.2. The maximum atomic E-state index is 2.49. The lowest BCUT2D eigenvalue weighted by molar-refractivity contribution is 0.895. The van der Waals surface area contributed by atoms with Crippen LogP contribution in [-0.2, 0) is 6.42 Å². The quantitative estimate of drug-likeness (QED) is 0.128. The Kier molecular flexibility index (Phi) is 11.4. The fraction of sp³-hybridized carbons (Fsp3) is 0.0909. The molecule has 1 aromatic heterocycles. The molecule has 3 heteroatoms. The van der Waals surface area contributed by atoms with E-state index in [1.165, 1.54) is 89.5 Å². The average molecular weight is 888 g/mol. The summed E-state index contributed by atoms with van der Waals surface area (Å²) >= 11 is 0. The molecule has 0 fully saturated rings. The molecule has 0 saturated carbocycles. The molecule has 0 bridgehead atoms. The van der Waals surface area contributed by atoms with Gasteiger partial charge in [-0.25, -0.2) is 0 Å². The number of benzene rings is 8. The molecule has 12 rings (SSSR count). The van der Waals surface area contributed by atoms with Crippen LogP contribution in [0.1, 0.15) is 54.5 Å². The molecule has 69 heavy (non-hydrogen) atoms. The monoisotopic (exact) mass is 887 g/mol. The zero-order valence-corrected chi connectivity index (χ0v) is 38.8. The van der Waals surface area contributed by atoms with E-state index in [0.717, 1.165) is 55.6 Å². The first-order valence-corrected chi connectivity index (χ1v) is 24.5. The Morgan fingerprint density at radius 2 is 0.899 bits per heavy atom. The van der Waals surface area contributed by atoms with Crippen molar-refractivity contribution in [2.24, 2.45) is 0 Å². The van der Waals surface area contributed by atoms with E-state index >= 15 is 0 Å². The lowest BCUT2D eigenvalue weighted by Crippen LogP contribution is -2.22. The lowest BCUT2D eigenvalue weighted by atomic mass is 9.89. The van der Waals surface area contributed by atoms with E-state index in [-0.39, 0.29) is 0 Å². The smallest absolute Gasteiger partial charge is 0.0538 e. The van der Waals surface area contributed by atoms with E-state index in [1.807, 2.05) is 0 Å². The Hall–Kier alpha value is -8.40. The minimum Gasteiger partial charge on any atom is -0.315 e. The SMILES string of the molecule is C1=CC(N(C2=CC=C(c3ccc(C4=Cc5c(n(-c6ccccc6)c6ccc(-c7ccc(-c8ccc(N(c9ccccc9)c9ccccc9)cc8)cc7)cc56)CC4)cc3)CC2)c2ccccc2)=CCC1. The van der Waals surface area contributed by atoms with Gasteiger partial charge in [0.2, 0.25) is 0 Å². The Morgan fingerprint density at radius 3 is 1.48 bits per heavy atom. The van der Waals surface area contributed by atoms with Crippen LogP contribution in [0.15, 0.2) is 254 Å². The molecule has 0 radical (unpaired) electrons. The molecule has 332 valence electrons. The number of nitrogens with zero attached hydrogens (tertiary/aromatic N) is 3. The van der Waals surface area contributed by atoms with Crippen molar-refractivity contribution in [2.45, 2.75) is 38.5 Å². The van der Waals surface area contributed by atoms with Crippen LogP contribution in [0.3, 0.4) is 0 Å². The predicted molar refractivity (Wildman–Crippen MR) is 292 cm³/mol. The van der Waals surface area contributed by atoms with Gasteiger partial charge in [-0.1, -0.05) is 158 Å².